The van der Waals surface area contributed by atoms with Crippen LogP contribution in [0.2, 0.25) is 0 Å². The van der Waals surface area contributed by atoms with Crippen LogP contribution in [-0.4, -0.2) is 32.3 Å². The van der Waals surface area contributed by atoms with E-state index in [1.807, 2.05) is 0 Å². The average molecular weight is 310 g/mol. The molecule has 0 fully saturated rings. The number of nitrogens with zero attached hydrogens (tertiary/aromatic N) is 4. The molecule has 5 nitrogen and oxygen atoms in total. The van der Waals surface area contributed by atoms with Gasteiger partial charge in [-0.3, -0.25) is 4.79 Å². The van der Waals surface area contributed by atoms with E-state index in [1.165, 1.54) is 6.07 Å². The normalized spacial score (nSPS) is 14.8. The van der Waals surface area contributed by atoms with E-state index in [4.69, 9.17) is 0 Å². The number of alkyl halides is 2. The quantitative estimate of drug-likeness (QED) is 0.856. The van der Waals surface area contributed by atoms with Crippen molar-refractivity contribution in [3.05, 3.63) is 47.0 Å². The molecule has 2 heterocycles. The van der Waals surface area contributed by atoms with Crippen molar-refractivity contribution < 1.29 is 18.0 Å². The van der Waals surface area contributed by atoms with Crippen molar-refractivity contribution in [1.29, 1.82) is 0 Å². The zero-order valence-corrected chi connectivity index (χ0v) is 11.5. The zero-order chi connectivity index (χ0) is 15.7. The van der Waals surface area contributed by atoms with Gasteiger partial charge in [0.25, 0.3) is 12.3 Å². The molecule has 22 heavy (non-hydrogen) atoms. The minimum Gasteiger partial charge on any atom is -0.333 e. The molecule has 1 aromatic heterocycles. The molecule has 2 aromatic rings. The minimum atomic E-state index is -2.90. The maximum Gasteiger partial charge on any atom is 0.266 e. The zero-order valence-electron chi connectivity index (χ0n) is 11.5. The number of aryl methyl sites for hydroxylation is 1. The molecular weight excluding hydrogens is 297 g/mol. The van der Waals surface area contributed by atoms with Gasteiger partial charge >= 0.3 is 0 Å². The molecule has 1 amide bonds. The Labute approximate surface area is 124 Å². The van der Waals surface area contributed by atoms with Gasteiger partial charge in [0.05, 0.1) is 24.0 Å². The van der Waals surface area contributed by atoms with Gasteiger partial charge in [0.1, 0.15) is 5.82 Å². The monoisotopic (exact) mass is 310 g/mol. The van der Waals surface area contributed by atoms with E-state index in [2.05, 4.69) is 10.3 Å². The Bertz CT molecular complexity index is 701. The van der Waals surface area contributed by atoms with Crippen LogP contribution in [0.25, 0.3) is 0 Å². The number of carbonyl (C=O) groups is 1. The Kier molecular flexibility index (Phi) is 3.82. The number of halogens is 3. The van der Waals surface area contributed by atoms with Gasteiger partial charge in [0, 0.05) is 18.7 Å². The van der Waals surface area contributed by atoms with Crippen molar-refractivity contribution in [3.8, 4) is 0 Å². The Morgan fingerprint density at radius 2 is 2.09 bits per heavy atom. The molecule has 3 rings (SSSR count). The summed E-state index contributed by atoms with van der Waals surface area (Å²) in [4.78, 5) is 14.0. The Morgan fingerprint density at radius 1 is 1.27 bits per heavy atom. The maximum atomic E-state index is 13.6. The summed E-state index contributed by atoms with van der Waals surface area (Å²) in [7, 11) is 0. The predicted octanol–water partition coefficient (Wildman–Crippen LogP) is 2.40. The molecule has 1 aliphatic rings. The third-order valence-corrected chi connectivity index (χ3v) is 3.62. The van der Waals surface area contributed by atoms with Crippen LogP contribution in [0.15, 0.2) is 24.4 Å². The predicted molar refractivity (Wildman–Crippen MR) is 70.7 cm³/mol. The summed E-state index contributed by atoms with van der Waals surface area (Å²) in [5, 5.41) is 7.70. The van der Waals surface area contributed by atoms with Gasteiger partial charge in [-0.1, -0.05) is 5.21 Å². The van der Waals surface area contributed by atoms with Gasteiger partial charge in [-0.05, 0) is 24.6 Å². The number of aromatic nitrogens is 3. The van der Waals surface area contributed by atoms with E-state index >= 15 is 0 Å². The molecule has 0 spiro atoms. The van der Waals surface area contributed by atoms with Crippen LogP contribution in [-0.2, 0) is 13.1 Å². The van der Waals surface area contributed by atoms with Gasteiger partial charge < -0.3 is 4.90 Å². The topological polar surface area (TPSA) is 51.0 Å². The second-order valence-electron chi connectivity index (χ2n) is 5.07. The number of fused-ring (bicyclic) bond motifs is 1. The molecule has 0 unspecified atom stereocenters. The number of benzene rings is 1. The van der Waals surface area contributed by atoms with Crippen molar-refractivity contribution in [2.24, 2.45) is 0 Å². The molecule has 0 aliphatic carbocycles. The Hall–Kier alpha value is -2.38. The van der Waals surface area contributed by atoms with Gasteiger partial charge in [-0.2, -0.15) is 0 Å². The molecule has 116 valence electrons. The number of hydrogen-bond acceptors (Lipinski definition) is 3. The Morgan fingerprint density at radius 3 is 2.82 bits per heavy atom. The van der Waals surface area contributed by atoms with Crippen molar-refractivity contribution in [2.45, 2.75) is 25.9 Å². The van der Waals surface area contributed by atoms with Gasteiger partial charge in [-0.15, -0.1) is 5.10 Å². The lowest BCUT2D eigenvalue weighted by Crippen LogP contribution is -2.30. The first kappa shape index (κ1) is 14.6. The van der Waals surface area contributed by atoms with Crippen molar-refractivity contribution in [2.75, 3.05) is 6.54 Å². The van der Waals surface area contributed by atoms with Crippen LogP contribution >= 0.6 is 0 Å². The highest BCUT2D eigenvalue weighted by atomic mass is 19.3. The van der Waals surface area contributed by atoms with Crippen LogP contribution in [0.3, 0.4) is 0 Å². The van der Waals surface area contributed by atoms with E-state index in [9.17, 15) is 18.0 Å². The highest BCUT2D eigenvalue weighted by molar-refractivity contribution is 5.94. The van der Waals surface area contributed by atoms with Gasteiger partial charge in [-0.25, -0.2) is 17.9 Å². The molecule has 0 saturated heterocycles. The maximum absolute atomic E-state index is 13.6. The largest absolute Gasteiger partial charge is 0.333 e. The van der Waals surface area contributed by atoms with E-state index in [0.717, 1.165) is 17.8 Å². The van der Waals surface area contributed by atoms with Crippen LogP contribution in [0.5, 0.6) is 0 Å². The number of amides is 1. The van der Waals surface area contributed by atoms with E-state index in [1.54, 1.807) is 15.8 Å². The SMILES string of the molecule is O=C(c1ccc(C(F)F)c(F)c1)N1CCCn2nncc2C1. The summed E-state index contributed by atoms with van der Waals surface area (Å²) in [5.41, 5.74) is 0.146. The highest BCUT2D eigenvalue weighted by Crippen LogP contribution is 2.23. The summed E-state index contributed by atoms with van der Waals surface area (Å²) in [5.74, 6) is -1.46. The van der Waals surface area contributed by atoms with Gasteiger partial charge in [0.15, 0.2) is 0 Å². The molecule has 0 bridgehead atoms. The number of hydrogen-bond donors (Lipinski definition) is 0. The molecule has 0 atom stereocenters. The lowest BCUT2D eigenvalue weighted by Gasteiger charge is -2.20. The molecule has 8 heteroatoms. The van der Waals surface area contributed by atoms with Crippen LogP contribution in [0.4, 0.5) is 13.2 Å². The first-order valence-electron chi connectivity index (χ1n) is 6.80. The van der Waals surface area contributed by atoms with Gasteiger partial charge in [0.2, 0.25) is 0 Å². The third-order valence-electron chi connectivity index (χ3n) is 3.62. The van der Waals surface area contributed by atoms with Crippen LogP contribution < -0.4 is 0 Å². The lowest BCUT2D eigenvalue weighted by molar-refractivity contribution is 0.0744. The summed E-state index contributed by atoms with van der Waals surface area (Å²) < 4.78 is 40.4. The summed E-state index contributed by atoms with van der Waals surface area (Å²) in [6.45, 7) is 1.45. The standard InChI is InChI=1S/C14H13F3N4O/c15-12-6-9(2-3-11(12)13(16)17)14(22)20-4-1-5-21-10(8-20)7-18-19-21/h2-3,6-7,13H,1,4-5,8H2. The molecule has 0 radical (unpaired) electrons. The molecular formula is C14H13F3N4O. The summed E-state index contributed by atoms with van der Waals surface area (Å²) in [6, 6.07) is 3.05. The van der Waals surface area contributed by atoms with Crippen molar-refractivity contribution >= 4 is 5.91 Å². The van der Waals surface area contributed by atoms with E-state index in [0.29, 0.717) is 26.1 Å². The molecule has 0 N–H and O–H groups in total. The lowest BCUT2D eigenvalue weighted by atomic mass is 10.1. The third kappa shape index (κ3) is 2.68. The van der Waals surface area contributed by atoms with Crippen LogP contribution in [0.1, 0.15) is 34.5 Å². The fourth-order valence-electron chi connectivity index (χ4n) is 2.47. The summed E-state index contributed by atoms with van der Waals surface area (Å²) >= 11 is 0. The van der Waals surface area contributed by atoms with Crippen LogP contribution in [0, 0.1) is 5.82 Å². The van der Waals surface area contributed by atoms with E-state index in [-0.39, 0.29) is 5.56 Å². The second-order valence-corrected chi connectivity index (χ2v) is 5.07. The van der Waals surface area contributed by atoms with Crippen molar-refractivity contribution in [1.82, 2.24) is 19.9 Å². The molecule has 1 aliphatic heterocycles. The average Bonchev–Trinajstić information content (AvgIpc) is 2.83. The van der Waals surface area contributed by atoms with Crippen molar-refractivity contribution in [3.63, 3.8) is 0 Å². The fraction of sp³-hybridized carbons (Fsp3) is 0.357. The number of rotatable bonds is 2. The Balaban J connectivity index is 1.83. The van der Waals surface area contributed by atoms with E-state index < -0.39 is 23.7 Å². The fourth-order valence-corrected chi connectivity index (χ4v) is 2.47. The second kappa shape index (κ2) is 5.78. The first-order chi connectivity index (χ1) is 10.6. The first-order valence-corrected chi connectivity index (χ1v) is 6.80. The minimum absolute atomic E-state index is 0.0582. The molecule has 1 aromatic carbocycles. The smallest absolute Gasteiger partial charge is 0.266 e. The molecule has 0 saturated carbocycles. The number of carbonyl (C=O) groups excluding carboxylic acids is 1. The highest BCUT2D eigenvalue weighted by Gasteiger charge is 2.23. The summed E-state index contributed by atoms with van der Waals surface area (Å²) in [6.07, 6.45) is -0.631.